The molecule has 0 radical (unpaired) electrons. The standard InChI is InChI=1S/C20H18N4S/c1-12-21-19(24-23-17-10-14-8-5-9-15(14)17)16-11-18(25-20(16)22-12)13-6-3-2-4-7-13/h2-8,11,14-15H,9-10H2,1H3,(H,21,22,24)/b23-17-/t14-,15-/m1/s1. The van der Waals surface area contributed by atoms with Crippen LogP contribution in [-0.4, -0.2) is 15.7 Å². The van der Waals surface area contributed by atoms with Crippen LogP contribution in [0.25, 0.3) is 20.7 Å². The van der Waals surface area contributed by atoms with Crippen LogP contribution in [0.15, 0.2) is 53.7 Å². The van der Waals surface area contributed by atoms with E-state index in [4.69, 9.17) is 0 Å². The normalized spacial score (nSPS) is 23.0. The zero-order valence-electron chi connectivity index (χ0n) is 13.9. The molecule has 1 saturated carbocycles. The van der Waals surface area contributed by atoms with E-state index in [1.807, 2.05) is 13.0 Å². The molecule has 1 fully saturated rings. The fraction of sp³-hybridized carbons (Fsp3) is 0.250. The maximum atomic E-state index is 4.66. The van der Waals surface area contributed by atoms with Crippen molar-refractivity contribution >= 4 is 33.1 Å². The van der Waals surface area contributed by atoms with E-state index in [1.165, 1.54) is 16.2 Å². The second-order valence-electron chi connectivity index (χ2n) is 6.67. The molecule has 0 spiro atoms. The minimum Gasteiger partial charge on any atom is -0.261 e. The van der Waals surface area contributed by atoms with Crippen LogP contribution in [-0.2, 0) is 0 Å². The minimum atomic E-state index is 0.605. The molecule has 0 aliphatic heterocycles. The zero-order valence-corrected chi connectivity index (χ0v) is 14.8. The molecular formula is C20H18N4S. The van der Waals surface area contributed by atoms with Crippen LogP contribution in [0.4, 0.5) is 5.82 Å². The van der Waals surface area contributed by atoms with Gasteiger partial charge in [0.2, 0.25) is 0 Å². The van der Waals surface area contributed by atoms with Crippen LogP contribution in [0.3, 0.4) is 0 Å². The largest absolute Gasteiger partial charge is 0.261 e. The van der Waals surface area contributed by atoms with E-state index in [0.29, 0.717) is 11.8 Å². The van der Waals surface area contributed by atoms with Crippen molar-refractivity contribution in [1.82, 2.24) is 9.97 Å². The fourth-order valence-electron chi connectivity index (χ4n) is 3.65. The summed E-state index contributed by atoms with van der Waals surface area (Å²) in [5.74, 6) is 2.89. The third-order valence-electron chi connectivity index (χ3n) is 5.03. The Bertz CT molecular complexity index is 1000. The van der Waals surface area contributed by atoms with Crippen molar-refractivity contribution in [3.8, 4) is 10.4 Å². The smallest absolute Gasteiger partial charge is 0.158 e. The van der Waals surface area contributed by atoms with Gasteiger partial charge < -0.3 is 0 Å². The fourth-order valence-corrected chi connectivity index (χ4v) is 4.73. The summed E-state index contributed by atoms with van der Waals surface area (Å²) in [6.07, 6.45) is 6.79. The van der Waals surface area contributed by atoms with Gasteiger partial charge in [0.05, 0.1) is 5.39 Å². The molecular weight excluding hydrogens is 328 g/mol. The maximum absolute atomic E-state index is 4.66. The quantitative estimate of drug-likeness (QED) is 0.534. The van der Waals surface area contributed by atoms with Crippen molar-refractivity contribution in [2.75, 3.05) is 5.43 Å². The topological polar surface area (TPSA) is 50.2 Å². The molecule has 3 aromatic rings. The van der Waals surface area contributed by atoms with Gasteiger partial charge in [-0.05, 0) is 37.3 Å². The molecule has 2 aromatic heterocycles. The minimum absolute atomic E-state index is 0.605. The molecule has 1 N–H and O–H groups in total. The van der Waals surface area contributed by atoms with Crippen molar-refractivity contribution in [1.29, 1.82) is 0 Å². The first-order chi connectivity index (χ1) is 12.3. The van der Waals surface area contributed by atoms with Gasteiger partial charge in [-0.15, -0.1) is 11.3 Å². The van der Waals surface area contributed by atoms with Crippen molar-refractivity contribution in [3.05, 3.63) is 54.4 Å². The number of aryl methyl sites for hydroxylation is 1. The second-order valence-corrected chi connectivity index (χ2v) is 7.70. The lowest BCUT2D eigenvalue weighted by atomic mass is 9.74. The van der Waals surface area contributed by atoms with Gasteiger partial charge in [0.15, 0.2) is 5.82 Å². The summed E-state index contributed by atoms with van der Waals surface area (Å²) >= 11 is 1.70. The summed E-state index contributed by atoms with van der Waals surface area (Å²) < 4.78 is 0. The summed E-state index contributed by atoms with van der Waals surface area (Å²) in [5, 5.41) is 5.70. The first-order valence-corrected chi connectivity index (χ1v) is 9.42. The molecule has 2 atom stereocenters. The average molecular weight is 346 g/mol. The Morgan fingerprint density at radius 2 is 2.08 bits per heavy atom. The Labute approximate surface area is 150 Å². The number of nitrogens with zero attached hydrogens (tertiary/aromatic N) is 3. The predicted molar refractivity (Wildman–Crippen MR) is 104 cm³/mol. The number of fused-ring (bicyclic) bond motifs is 2. The van der Waals surface area contributed by atoms with Crippen LogP contribution in [0.2, 0.25) is 0 Å². The van der Waals surface area contributed by atoms with Crippen molar-refractivity contribution < 1.29 is 0 Å². The molecule has 5 heteroatoms. The third kappa shape index (κ3) is 2.55. The summed E-state index contributed by atoms with van der Waals surface area (Å²) in [7, 11) is 0. The van der Waals surface area contributed by atoms with Gasteiger partial charge in [0.25, 0.3) is 0 Å². The molecule has 0 bridgehead atoms. The lowest BCUT2D eigenvalue weighted by Gasteiger charge is -2.31. The number of hydrogen-bond donors (Lipinski definition) is 1. The Kier molecular flexibility index (Phi) is 3.41. The zero-order chi connectivity index (χ0) is 16.8. The number of anilines is 1. The molecule has 25 heavy (non-hydrogen) atoms. The highest BCUT2D eigenvalue weighted by Crippen LogP contribution is 2.40. The lowest BCUT2D eigenvalue weighted by molar-refractivity contribution is 0.466. The van der Waals surface area contributed by atoms with E-state index in [0.717, 1.165) is 34.7 Å². The van der Waals surface area contributed by atoms with Crippen LogP contribution >= 0.6 is 11.3 Å². The average Bonchev–Trinajstić information content (AvgIpc) is 3.19. The van der Waals surface area contributed by atoms with Crippen LogP contribution in [0.5, 0.6) is 0 Å². The summed E-state index contributed by atoms with van der Waals surface area (Å²) in [6.45, 7) is 1.93. The second kappa shape index (κ2) is 5.77. The van der Waals surface area contributed by atoms with Crippen molar-refractivity contribution in [2.24, 2.45) is 16.9 Å². The summed E-state index contributed by atoms with van der Waals surface area (Å²) in [4.78, 5) is 11.4. The highest BCUT2D eigenvalue weighted by molar-refractivity contribution is 7.21. The molecule has 1 aromatic carbocycles. The molecule has 0 amide bonds. The molecule has 2 aliphatic carbocycles. The van der Waals surface area contributed by atoms with Crippen LogP contribution in [0, 0.1) is 18.8 Å². The Morgan fingerprint density at radius 3 is 2.92 bits per heavy atom. The maximum Gasteiger partial charge on any atom is 0.158 e. The summed E-state index contributed by atoms with van der Waals surface area (Å²) in [6, 6.07) is 12.6. The summed E-state index contributed by atoms with van der Waals surface area (Å²) in [5.41, 5.74) is 5.69. The number of thiophene rings is 1. The third-order valence-corrected chi connectivity index (χ3v) is 6.11. The molecule has 2 aliphatic rings. The number of nitrogens with one attached hydrogen (secondary N) is 1. The van der Waals surface area contributed by atoms with Crippen molar-refractivity contribution in [2.45, 2.75) is 19.8 Å². The van der Waals surface area contributed by atoms with Crippen LogP contribution in [0.1, 0.15) is 18.7 Å². The molecule has 5 rings (SSSR count). The van der Waals surface area contributed by atoms with Gasteiger partial charge in [-0.3, -0.25) is 5.43 Å². The van der Waals surface area contributed by atoms with Gasteiger partial charge in [-0.1, -0.05) is 42.5 Å². The van der Waals surface area contributed by atoms with Gasteiger partial charge in [0, 0.05) is 16.5 Å². The van der Waals surface area contributed by atoms with E-state index in [-0.39, 0.29) is 0 Å². The van der Waals surface area contributed by atoms with E-state index in [1.54, 1.807) is 11.3 Å². The number of rotatable bonds is 3. The Balaban J connectivity index is 1.50. The molecule has 0 unspecified atom stereocenters. The van der Waals surface area contributed by atoms with E-state index in [9.17, 15) is 0 Å². The van der Waals surface area contributed by atoms with Gasteiger partial charge in [-0.25, -0.2) is 9.97 Å². The number of allylic oxidation sites excluding steroid dienone is 2. The number of benzene rings is 1. The van der Waals surface area contributed by atoms with Gasteiger partial charge in [0.1, 0.15) is 10.7 Å². The van der Waals surface area contributed by atoms with E-state index in [2.05, 4.69) is 63.0 Å². The Hall–Kier alpha value is -2.53. The van der Waals surface area contributed by atoms with Gasteiger partial charge >= 0.3 is 0 Å². The highest BCUT2D eigenvalue weighted by Gasteiger charge is 2.37. The van der Waals surface area contributed by atoms with Crippen molar-refractivity contribution in [3.63, 3.8) is 0 Å². The predicted octanol–water partition coefficient (Wildman–Crippen LogP) is 5.03. The molecule has 0 saturated heterocycles. The number of hydrazone groups is 1. The number of aromatic nitrogens is 2. The van der Waals surface area contributed by atoms with Gasteiger partial charge in [-0.2, -0.15) is 5.10 Å². The first kappa shape index (κ1) is 14.8. The molecule has 2 heterocycles. The van der Waals surface area contributed by atoms with Crippen LogP contribution < -0.4 is 5.43 Å². The Morgan fingerprint density at radius 1 is 1.20 bits per heavy atom. The molecule has 124 valence electrons. The number of hydrogen-bond acceptors (Lipinski definition) is 5. The SMILES string of the molecule is Cc1nc(N/N=C2/C[C@H]3C=CC[C@@H]23)c2cc(-c3ccccc3)sc2n1. The van der Waals surface area contributed by atoms with E-state index >= 15 is 0 Å². The lowest BCUT2D eigenvalue weighted by Crippen LogP contribution is -2.33. The first-order valence-electron chi connectivity index (χ1n) is 8.60. The highest BCUT2D eigenvalue weighted by atomic mass is 32.1. The van der Waals surface area contributed by atoms with E-state index < -0.39 is 0 Å². The monoisotopic (exact) mass is 346 g/mol. The molecule has 4 nitrogen and oxygen atoms in total.